The molecule has 0 aliphatic heterocycles. The molecule has 84 valence electrons. The van der Waals surface area contributed by atoms with E-state index in [2.05, 4.69) is 13.8 Å². The number of quaternary nitrogens is 1. The first-order chi connectivity index (χ1) is 6.60. The molecule has 0 atom stereocenters. The van der Waals surface area contributed by atoms with Gasteiger partial charge < -0.3 is 14.3 Å². The lowest BCUT2D eigenvalue weighted by Crippen LogP contribution is -2.49. The third-order valence-corrected chi connectivity index (χ3v) is 2.77. The molecule has 0 bridgehead atoms. The van der Waals surface area contributed by atoms with E-state index in [1.165, 1.54) is 0 Å². The van der Waals surface area contributed by atoms with Crippen LogP contribution in [0.4, 0.5) is 0 Å². The van der Waals surface area contributed by atoms with Gasteiger partial charge in [-0.05, 0) is 13.8 Å². The highest BCUT2D eigenvalue weighted by molar-refractivity contribution is 5.66. The highest BCUT2D eigenvalue weighted by atomic mass is 16.5. The van der Waals surface area contributed by atoms with E-state index >= 15 is 0 Å². The average molecular weight is 204 g/mol. The molecule has 0 aromatic rings. The molecule has 14 heavy (non-hydrogen) atoms. The maximum absolute atomic E-state index is 10.4. The minimum absolute atomic E-state index is 0.254. The first-order valence-corrected chi connectivity index (χ1v) is 5.16. The van der Waals surface area contributed by atoms with Crippen molar-refractivity contribution in [2.75, 3.05) is 33.5 Å². The molecule has 0 heterocycles. The molecule has 0 saturated heterocycles. The lowest BCUT2D eigenvalue weighted by atomic mass is 10.2. The molecule has 0 saturated carbocycles. The Hall–Kier alpha value is -0.610. The standard InChI is InChI=1S/C10H21NO3/c1-4-11(5-2,9-14-3)8-6-7-10(12)13/h4-9H2,1-3H3/p+1. The molecule has 0 fully saturated rings. The summed E-state index contributed by atoms with van der Waals surface area (Å²) < 4.78 is 6.02. The number of ether oxygens (including phenoxy) is 1. The zero-order valence-corrected chi connectivity index (χ0v) is 9.45. The lowest BCUT2D eigenvalue weighted by Gasteiger charge is -2.35. The summed E-state index contributed by atoms with van der Waals surface area (Å²) in [5, 5.41) is 8.55. The average Bonchev–Trinajstić information content (AvgIpc) is 2.16. The smallest absolute Gasteiger partial charge is 0.303 e. The number of hydrogen-bond acceptors (Lipinski definition) is 2. The minimum atomic E-state index is -0.715. The Labute approximate surface area is 86.1 Å². The summed E-state index contributed by atoms with van der Waals surface area (Å²) in [5.41, 5.74) is 0. The monoisotopic (exact) mass is 204 g/mol. The second kappa shape index (κ2) is 6.79. The molecule has 0 aliphatic carbocycles. The van der Waals surface area contributed by atoms with Gasteiger partial charge in [-0.25, -0.2) is 0 Å². The Bertz CT molecular complexity index is 167. The van der Waals surface area contributed by atoms with E-state index in [0.717, 1.165) is 30.5 Å². The maximum atomic E-state index is 10.4. The summed E-state index contributed by atoms with van der Waals surface area (Å²) >= 11 is 0. The van der Waals surface area contributed by atoms with Gasteiger partial charge in [-0.1, -0.05) is 0 Å². The molecule has 0 rings (SSSR count). The molecule has 4 nitrogen and oxygen atoms in total. The summed E-state index contributed by atoms with van der Waals surface area (Å²) in [5.74, 6) is -0.715. The molecule has 0 amide bonds. The van der Waals surface area contributed by atoms with E-state index in [1.807, 2.05) is 0 Å². The highest BCUT2D eigenvalue weighted by Gasteiger charge is 2.22. The fourth-order valence-electron chi connectivity index (χ4n) is 1.63. The van der Waals surface area contributed by atoms with Gasteiger partial charge in [-0.15, -0.1) is 0 Å². The van der Waals surface area contributed by atoms with E-state index in [-0.39, 0.29) is 6.42 Å². The zero-order valence-electron chi connectivity index (χ0n) is 9.45. The van der Waals surface area contributed by atoms with Crippen molar-refractivity contribution >= 4 is 5.97 Å². The molecule has 0 spiro atoms. The van der Waals surface area contributed by atoms with Crippen LogP contribution in [0.15, 0.2) is 0 Å². The number of nitrogens with zero attached hydrogens (tertiary/aromatic N) is 1. The summed E-state index contributed by atoms with van der Waals surface area (Å²) in [6.07, 6.45) is 0.976. The van der Waals surface area contributed by atoms with Crippen LogP contribution < -0.4 is 0 Å². The molecule has 0 aromatic carbocycles. The summed E-state index contributed by atoms with van der Waals surface area (Å²) in [6, 6.07) is 0. The summed E-state index contributed by atoms with van der Waals surface area (Å²) in [6.45, 7) is 7.76. The van der Waals surface area contributed by atoms with Crippen molar-refractivity contribution < 1.29 is 19.1 Å². The molecule has 4 heteroatoms. The third kappa shape index (κ3) is 4.58. The number of aliphatic carboxylic acids is 1. The van der Waals surface area contributed by atoms with Gasteiger partial charge in [0.2, 0.25) is 0 Å². The Balaban J connectivity index is 4.00. The summed E-state index contributed by atoms with van der Waals surface area (Å²) in [4.78, 5) is 10.4. The second-order valence-electron chi connectivity index (χ2n) is 3.61. The van der Waals surface area contributed by atoms with Crippen molar-refractivity contribution in [3.05, 3.63) is 0 Å². The molecule has 0 unspecified atom stereocenters. The van der Waals surface area contributed by atoms with Gasteiger partial charge >= 0.3 is 5.97 Å². The maximum Gasteiger partial charge on any atom is 0.303 e. The Kier molecular flexibility index (Phi) is 6.49. The number of carboxylic acid groups (broad SMARTS) is 1. The van der Waals surface area contributed by atoms with Gasteiger partial charge in [0.05, 0.1) is 26.1 Å². The van der Waals surface area contributed by atoms with Crippen LogP contribution in [0.1, 0.15) is 26.7 Å². The first-order valence-electron chi connectivity index (χ1n) is 5.16. The van der Waals surface area contributed by atoms with E-state index < -0.39 is 5.97 Å². The van der Waals surface area contributed by atoms with Crippen LogP contribution in [0.2, 0.25) is 0 Å². The van der Waals surface area contributed by atoms with E-state index in [9.17, 15) is 4.79 Å². The topological polar surface area (TPSA) is 46.5 Å². The fourth-order valence-corrected chi connectivity index (χ4v) is 1.63. The SMILES string of the molecule is CC[N+](CC)(CCCC(=O)O)COC. The number of carboxylic acids is 1. The molecular weight excluding hydrogens is 182 g/mol. The van der Waals surface area contributed by atoms with Crippen LogP contribution in [0.5, 0.6) is 0 Å². The van der Waals surface area contributed by atoms with Gasteiger partial charge in [-0.3, -0.25) is 4.79 Å². The van der Waals surface area contributed by atoms with Gasteiger partial charge in [0.15, 0.2) is 6.73 Å². The van der Waals surface area contributed by atoms with E-state index in [4.69, 9.17) is 9.84 Å². The first kappa shape index (κ1) is 13.4. The zero-order chi connectivity index (χ0) is 11.0. The van der Waals surface area contributed by atoms with Crippen LogP contribution in [-0.2, 0) is 9.53 Å². The normalized spacial score (nSPS) is 11.6. The van der Waals surface area contributed by atoms with Crippen molar-refractivity contribution in [2.45, 2.75) is 26.7 Å². The predicted octanol–water partition coefficient (Wildman–Crippen LogP) is 1.31. The van der Waals surface area contributed by atoms with Crippen molar-refractivity contribution in [1.29, 1.82) is 0 Å². The fraction of sp³-hybridized carbons (Fsp3) is 0.900. The minimum Gasteiger partial charge on any atom is -0.481 e. The largest absolute Gasteiger partial charge is 0.481 e. The van der Waals surface area contributed by atoms with Crippen LogP contribution in [0.25, 0.3) is 0 Å². The van der Waals surface area contributed by atoms with E-state index in [1.54, 1.807) is 7.11 Å². The van der Waals surface area contributed by atoms with Gasteiger partial charge in [0.25, 0.3) is 0 Å². The number of methoxy groups -OCH3 is 1. The van der Waals surface area contributed by atoms with Gasteiger partial charge in [-0.2, -0.15) is 0 Å². The lowest BCUT2D eigenvalue weighted by molar-refractivity contribution is -0.942. The van der Waals surface area contributed by atoms with Gasteiger partial charge in [0.1, 0.15) is 0 Å². The molecule has 1 N–H and O–H groups in total. The van der Waals surface area contributed by atoms with Crippen LogP contribution in [0.3, 0.4) is 0 Å². The molecule has 0 aromatic heterocycles. The van der Waals surface area contributed by atoms with Crippen LogP contribution in [0, 0.1) is 0 Å². The molecule has 0 radical (unpaired) electrons. The van der Waals surface area contributed by atoms with E-state index in [0.29, 0.717) is 6.73 Å². The Morgan fingerprint density at radius 2 is 1.93 bits per heavy atom. The Morgan fingerprint density at radius 1 is 1.36 bits per heavy atom. The quantitative estimate of drug-likeness (QED) is 0.479. The third-order valence-electron chi connectivity index (χ3n) is 2.77. The number of hydrogen-bond donors (Lipinski definition) is 1. The van der Waals surface area contributed by atoms with Crippen molar-refractivity contribution in [3.63, 3.8) is 0 Å². The van der Waals surface area contributed by atoms with Crippen LogP contribution in [-0.4, -0.2) is 49.0 Å². The van der Waals surface area contributed by atoms with Crippen molar-refractivity contribution in [2.24, 2.45) is 0 Å². The van der Waals surface area contributed by atoms with Crippen molar-refractivity contribution in [1.82, 2.24) is 0 Å². The highest BCUT2D eigenvalue weighted by Crippen LogP contribution is 2.08. The number of carbonyl (C=O) groups is 1. The number of rotatable bonds is 8. The second-order valence-corrected chi connectivity index (χ2v) is 3.61. The Morgan fingerprint density at radius 3 is 2.29 bits per heavy atom. The van der Waals surface area contributed by atoms with Crippen molar-refractivity contribution in [3.8, 4) is 0 Å². The van der Waals surface area contributed by atoms with Gasteiger partial charge in [0, 0.05) is 13.5 Å². The summed E-state index contributed by atoms with van der Waals surface area (Å²) in [7, 11) is 1.69. The van der Waals surface area contributed by atoms with Crippen LogP contribution >= 0.6 is 0 Å². The molecule has 0 aliphatic rings. The predicted molar refractivity (Wildman–Crippen MR) is 55.0 cm³/mol. The molecular formula is C10H22NO3+.